The lowest BCUT2D eigenvalue weighted by atomic mass is 10.0. The van der Waals surface area contributed by atoms with Gasteiger partial charge in [-0.15, -0.1) is 0 Å². The molecule has 120 valence electrons. The van der Waals surface area contributed by atoms with Gasteiger partial charge >= 0.3 is 0 Å². The molecule has 4 nitrogen and oxygen atoms in total. The fraction of sp³-hybridized carbons (Fsp3) is 0.188. The van der Waals surface area contributed by atoms with E-state index in [0.717, 1.165) is 5.39 Å². The Morgan fingerprint density at radius 2 is 2.22 bits per heavy atom. The molecule has 2 heterocycles. The number of rotatable bonds is 4. The van der Waals surface area contributed by atoms with Crippen LogP contribution in [0.3, 0.4) is 0 Å². The molecule has 2 aromatic heterocycles. The van der Waals surface area contributed by atoms with Crippen LogP contribution in [0.5, 0.6) is 0 Å². The van der Waals surface area contributed by atoms with Crippen LogP contribution < -0.4 is 0 Å². The zero-order valence-electron chi connectivity index (χ0n) is 12.2. The molecule has 0 amide bonds. The van der Waals surface area contributed by atoms with E-state index in [1.807, 2.05) is 12.1 Å². The maximum Gasteiger partial charge on any atom is 0.139 e. The quantitative estimate of drug-likeness (QED) is 0.662. The number of nitrogens with zero attached hydrogens (tertiary/aromatic N) is 1. The maximum atomic E-state index is 13.8. The number of nitrogens with one attached hydrogen (secondary N) is 1. The smallest absolute Gasteiger partial charge is 0.139 e. The van der Waals surface area contributed by atoms with Crippen LogP contribution in [0, 0.1) is 5.82 Å². The zero-order chi connectivity index (χ0) is 16.6. The van der Waals surface area contributed by atoms with Gasteiger partial charge in [-0.3, -0.25) is 4.98 Å². The van der Waals surface area contributed by atoms with Gasteiger partial charge in [0.05, 0.1) is 22.1 Å². The molecule has 0 saturated carbocycles. The Bertz CT molecular complexity index is 839. The third kappa shape index (κ3) is 3.28. The third-order valence-electron chi connectivity index (χ3n) is 3.52. The minimum atomic E-state index is -1.17. The van der Waals surface area contributed by atoms with Gasteiger partial charge in [0.25, 0.3) is 0 Å². The molecule has 0 aliphatic carbocycles. The Kier molecular flexibility index (Phi) is 4.72. The number of halogens is 2. The molecule has 0 saturated heterocycles. The van der Waals surface area contributed by atoms with Crippen LogP contribution in [0.15, 0.2) is 41.0 Å². The van der Waals surface area contributed by atoms with Crippen molar-refractivity contribution in [1.29, 1.82) is 0 Å². The molecule has 7 heteroatoms. The van der Waals surface area contributed by atoms with Crippen LogP contribution in [-0.2, 0) is 11.2 Å². The van der Waals surface area contributed by atoms with Gasteiger partial charge in [-0.05, 0) is 40.2 Å². The first kappa shape index (κ1) is 16.4. The van der Waals surface area contributed by atoms with Gasteiger partial charge in [0.2, 0.25) is 0 Å². The normalized spacial score (nSPS) is 14.1. The predicted molar refractivity (Wildman–Crippen MR) is 93.1 cm³/mol. The summed E-state index contributed by atoms with van der Waals surface area (Å²) in [6, 6.07) is 8.48. The minimum absolute atomic E-state index is 0.0936. The SMILES string of the molecule is C[S+]([O-])CC(O)c1[nH]c2cc(F)c(Br)cc2c1-c1ccccn1. The Labute approximate surface area is 144 Å². The fourth-order valence-corrected chi connectivity index (χ4v) is 3.51. The van der Waals surface area contributed by atoms with E-state index in [4.69, 9.17) is 0 Å². The molecule has 0 bridgehead atoms. The van der Waals surface area contributed by atoms with Crippen molar-refractivity contribution < 1.29 is 14.0 Å². The lowest BCUT2D eigenvalue weighted by molar-refractivity contribution is 0.198. The lowest BCUT2D eigenvalue weighted by Crippen LogP contribution is -2.13. The van der Waals surface area contributed by atoms with Gasteiger partial charge in [-0.2, -0.15) is 0 Å². The van der Waals surface area contributed by atoms with Crippen molar-refractivity contribution in [2.75, 3.05) is 12.0 Å². The molecule has 2 N–H and O–H groups in total. The summed E-state index contributed by atoms with van der Waals surface area (Å²) in [7, 11) is 0. The van der Waals surface area contributed by atoms with E-state index in [9.17, 15) is 14.0 Å². The second-order valence-corrected chi connectivity index (χ2v) is 7.53. The Morgan fingerprint density at radius 1 is 1.43 bits per heavy atom. The predicted octanol–water partition coefficient (Wildman–Crippen LogP) is 3.54. The zero-order valence-corrected chi connectivity index (χ0v) is 14.6. The molecule has 3 aromatic rings. The Hall–Kier alpha value is -1.41. The van der Waals surface area contributed by atoms with Gasteiger partial charge in [0.15, 0.2) is 0 Å². The molecular formula is C16H14BrFN2O2S. The minimum Gasteiger partial charge on any atom is -0.616 e. The lowest BCUT2D eigenvalue weighted by Gasteiger charge is -2.12. The highest BCUT2D eigenvalue weighted by Gasteiger charge is 2.23. The van der Waals surface area contributed by atoms with Crippen LogP contribution >= 0.6 is 15.9 Å². The molecule has 1 aromatic carbocycles. The standard InChI is InChI=1S/C16H14BrFN2O2S/c1-23(22)8-14(21)16-15(12-4-2-3-5-19-12)9-6-10(17)11(18)7-13(9)20-16/h2-7,14,20-21H,8H2,1H3. The van der Waals surface area contributed by atoms with Crippen LogP contribution in [0.25, 0.3) is 22.2 Å². The van der Waals surface area contributed by atoms with E-state index in [1.54, 1.807) is 18.3 Å². The average molecular weight is 397 g/mol. The van der Waals surface area contributed by atoms with Crippen molar-refractivity contribution in [3.8, 4) is 11.3 Å². The van der Waals surface area contributed by atoms with E-state index < -0.39 is 23.1 Å². The summed E-state index contributed by atoms with van der Waals surface area (Å²) in [4.78, 5) is 7.38. The number of hydrogen-bond donors (Lipinski definition) is 2. The number of benzene rings is 1. The molecule has 0 aliphatic rings. The van der Waals surface area contributed by atoms with E-state index in [2.05, 4.69) is 25.9 Å². The van der Waals surface area contributed by atoms with Gasteiger partial charge in [-0.25, -0.2) is 4.39 Å². The molecule has 23 heavy (non-hydrogen) atoms. The molecule has 2 atom stereocenters. The van der Waals surface area contributed by atoms with Crippen LogP contribution in [0.1, 0.15) is 11.8 Å². The summed E-state index contributed by atoms with van der Waals surface area (Å²) < 4.78 is 25.6. The molecule has 0 aliphatic heterocycles. The van der Waals surface area contributed by atoms with Gasteiger partial charge < -0.3 is 14.6 Å². The Balaban J connectivity index is 2.26. The fourth-order valence-electron chi connectivity index (χ4n) is 2.55. The van der Waals surface area contributed by atoms with Crippen molar-refractivity contribution in [3.05, 3.63) is 52.5 Å². The molecule has 3 rings (SSSR count). The number of aromatic amines is 1. The van der Waals surface area contributed by atoms with Crippen molar-refractivity contribution in [2.24, 2.45) is 0 Å². The molecular weight excluding hydrogens is 383 g/mol. The third-order valence-corrected chi connectivity index (χ3v) is 4.91. The number of aliphatic hydroxyl groups excluding tert-OH is 1. The monoisotopic (exact) mass is 396 g/mol. The van der Waals surface area contributed by atoms with E-state index in [-0.39, 0.29) is 5.75 Å². The van der Waals surface area contributed by atoms with Crippen LogP contribution in [0.4, 0.5) is 4.39 Å². The highest BCUT2D eigenvalue weighted by molar-refractivity contribution is 9.10. The molecule has 0 fully saturated rings. The van der Waals surface area contributed by atoms with Crippen molar-refractivity contribution in [1.82, 2.24) is 9.97 Å². The largest absolute Gasteiger partial charge is 0.616 e. The Morgan fingerprint density at radius 3 is 2.87 bits per heavy atom. The second-order valence-electron chi connectivity index (χ2n) is 5.20. The summed E-state index contributed by atoms with van der Waals surface area (Å²) in [5.41, 5.74) is 2.40. The van der Waals surface area contributed by atoms with Crippen LogP contribution in [0.2, 0.25) is 0 Å². The number of aromatic nitrogens is 2. The highest BCUT2D eigenvalue weighted by Crippen LogP contribution is 2.37. The summed E-state index contributed by atoms with van der Waals surface area (Å²) in [6.07, 6.45) is 2.23. The number of pyridine rings is 1. The van der Waals surface area contributed by atoms with E-state index >= 15 is 0 Å². The summed E-state index contributed by atoms with van der Waals surface area (Å²) in [5, 5.41) is 11.2. The first-order valence-corrected chi connectivity index (χ1v) is 9.39. The van der Waals surface area contributed by atoms with Crippen molar-refractivity contribution >= 4 is 38.0 Å². The number of hydrogen-bond acceptors (Lipinski definition) is 3. The van der Waals surface area contributed by atoms with Crippen molar-refractivity contribution in [3.63, 3.8) is 0 Å². The topological polar surface area (TPSA) is 72.0 Å². The molecule has 0 spiro atoms. The summed E-state index contributed by atoms with van der Waals surface area (Å²) in [6.45, 7) is 0. The van der Waals surface area contributed by atoms with Gasteiger partial charge in [-0.1, -0.05) is 17.2 Å². The van der Waals surface area contributed by atoms with Gasteiger partial charge in [0.1, 0.15) is 17.7 Å². The average Bonchev–Trinajstić information content (AvgIpc) is 2.86. The highest BCUT2D eigenvalue weighted by atomic mass is 79.9. The first-order valence-electron chi connectivity index (χ1n) is 6.87. The number of fused-ring (bicyclic) bond motifs is 1. The molecule has 0 radical (unpaired) electrons. The van der Waals surface area contributed by atoms with Gasteiger partial charge in [0, 0.05) is 22.7 Å². The van der Waals surface area contributed by atoms with E-state index in [1.165, 1.54) is 12.3 Å². The summed E-state index contributed by atoms with van der Waals surface area (Å²) in [5.74, 6) is -0.303. The van der Waals surface area contributed by atoms with Crippen molar-refractivity contribution in [2.45, 2.75) is 6.10 Å². The second kappa shape index (κ2) is 6.60. The first-order chi connectivity index (χ1) is 11.0. The number of H-pyrrole nitrogens is 1. The summed E-state index contributed by atoms with van der Waals surface area (Å²) >= 11 is 2.02. The van der Waals surface area contributed by atoms with E-state index in [0.29, 0.717) is 26.9 Å². The number of aliphatic hydroxyl groups is 1. The van der Waals surface area contributed by atoms with Crippen LogP contribution in [-0.4, -0.2) is 31.6 Å². The molecule has 2 unspecified atom stereocenters. The maximum absolute atomic E-state index is 13.8.